The fourth-order valence-corrected chi connectivity index (χ4v) is 4.36. The molecule has 0 amide bonds. The van der Waals surface area contributed by atoms with Gasteiger partial charge in [-0.05, 0) is 109 Å². The molecule has 2 heteroatoms. The summed E-state index contributed by atoms with van der Waals surface area (Å²) >= 11 is 0. The molecule has 0 N–H and O–H groups in total. The number of benzene rings is 1. The van der Waals surface area contributed by atoms with Gasteiger partial charge in [0.2, 0.25) is 0 Å². The van der Waals surface area contributed by atoms with Crippen LogP contribution in [0, 0.1) is 5.92 Å². The molecule has 1 aliphatic carbocycles. The molecule has 1 unspecified atom stereocenters. The Kier molecular flexibility index (Phi) is 8.41. The minimum Gasteiger partial charge on any atom is -0.265 e. The van der Waals surface area contributed by atoms with E-state index < -0.39 is 0 Å². The zero-order valence-corrected chi connectivity index (χ0v) is 19.7. The van der Waals surface area contributed by atoms with E-state index in [0.717, 1.165) is 44.9 Å². The molecule has 0 aliphatic heterocycles. The van der Waals surface area contributed by atoms with E-state index in [4.69, 9.17) is 0 Å². The summed E-state index contributed by atoms with van der Waals surface area (Å²) in [6, 6.07) is 15.7. The van der Waals surface area contributed by atoms with Gasteiger partial charge in [0.25, 0.3) is 0 Å². The summed E-state index contributed by atoms with van der Waals surface area (Å²) in [5.41, 5.74) is 8.43. The predicted molar refractivity (Wildman–Crippen MR) is 138 cm³/mol. The summed E-state index contributed by atoms with van der Waals surface area (Å²) in [5.74, 6) is 0.565. The third kappa shape index (κ3) is 7.39. The van der Waals surface area contributed by atoms with Crippen molar-refractivity contribution in [1.29, 1.82) is 0 Å². The molecule has 1 atom stereocenters. The zero-order chi connectivity index (χ0) is 22.7. The molecule has 3 aromatic rings. The van der Waals surface area contributed by atoms with E-state index in [1.165, 1.54) is 33.4 Å². The highest BCUT2D eigenvalue weighted by molar-refractivity contribution is 5.34. The van der Waals surface area contributed by atoms with Crippen LogP contribution in [-0.4, -0.2) is 9.97 Å². The Morgan fingerprint density at radius 2 is 1.09 bits per heavy atom. The van der Waals surface area contributed by atoms with Crippen molar-refractivity contribution in [3.05, 3.63) is 131 Å². The lowest BCUT2D eigenvalue weighted by molar-refractivity contribution is 0.774. The molecule has 4 rings (SSSR count). The van der Waals surface area contributed by atoms with Gasteiger partial charge in [-0.1, -0.05) is 55.5 Å². The molecule has 0 bridgehead atoms. The summed E-state index contributed by atoms with van der Waals surface area (Å²) in [5, 5.41) is 0. The molecule has 1 aliphatic rings. The van der Waals surface area contributed by atoms with Crippen LogP contribution < -0.4 is 0 Å². The molecule has 0 saturated carbocycles. The number of rotatable bonds is 10. The Hall–Kier alpha value is -3.26. The lowest BCUT2D eigenvalue weighted by Gasteiger charge is -2.11. The molecule has 2 aromatic heterocycles. The van der Waals surface area contributed by atoms with E-state index in [-0.39, 0.29) is 0 Å². The monoisotopic (exact) mass is 434 g/mol. The first-order chi connectivity index (χ1) is 16.3. The predicted octanol–water partition coefficient (Wildman–Crippen LogP) is 7.06. The molecule has 33 heavy (non-hydrogen) atoms. The largest absolute Gasteiger partial charge is 0.265 e. The van der Waals surface area contributed by atoms with E-state index in [1.807, 2.05) is 24.8 Å². The molecule has 168 valence electrons. The van der Waals surface area contributed by atoms with Crippen LogP contribution in [0.4, 0.5) is 0 Å². The van der Waals surface area contributed by atoms with Crippen LogP contribution in [0.2, 0.25) is 0 Å². The first-order valence-corrected chi connectivity index (χ1v) is 12.2. The van der Waals surface area contributed by atoms with E-state index in [0.29, 0.717) is 5.92 Å². The van der Waals surface area contributed by atoms with Gasteiger partial charge >= 0.3 is 0 Å². The molecule has 2 heterocycles. The minimum absolute atomic E-state index is 0.565. The molecule has 2 nitrogen and oxygen atoms in total. The van der Waals surface area contributed by atoms with Crippen LogP contribution >= 0.6 is 0 Å². The van der Waals surface area contributed by atoms with Crippen molar-refractivity contribution < 1.29 is 0 Å². The van der Waals surface area contributed by atoms with Crippen LogP contribution in [0.1, 0.15) is 47.6 Å². The van der Waals surface area contributed by atoms with E-state index in [2.05, 4.69) is 89.7 Å². The number of pyridine rings is 2. The Balaban J connectivity index is 1.46. The summed E-state index contributed by atoms with van der Waals surface area (Å²) in [7, 11) is 0. The zero-order valence-electron chi connectivity index (χ0n) is 19.7. The summed E-state index contributed by atoms with van der Waals surface area (Å²) in [6.45, 7) is 2.25. The second-order valence-electron chi connectivity index (χ2n) is 8.93. The van der Waals surface area contributed by atoms with Gasteiger partial charge in [-0.25, -0.2) is 0 Å². The van der Waals surface area contributed by atoms with Gasteiger partial charge in [-0.3, -0.25) is 9.97 Å². The van der Waals surface area contributed by atoms with Crippen LogP contribution in [0.5, 0.6) is 0 Å². The van der Waals surface area contributed by atoms with Gasteiger partial charge in [0.05, 0.1) is 0 Å². The van der Waals surface area contributed by atoms with Crippen molar-refractivity contribution >= 4 is 0 Å². The normalized spacial score (nSPS) is 15.3. The van der Waals surface area contributed by atoms with Crippen LogP contribution in [-0.2, 0) is 32.1 Å². The third-order valence-corrected chi connectivity index (χ3v) is 6.42. The van der Waals surface area contributed by atoms with Crippen molar-refractivity contribution in [3.63, 3.8) is 0 Å². The second-order valence-corrected chi connectivity index (χ2v) is 8.93. The van der Waals surface area contributed by atoms with Gasteiger partial charge in [-0.2, -0.15) is 0 Å². The highest BCUT2D eigenvalue weighted by Crippen LogP contribution is 2.20. The molecule has 0 saturated heterocycles. The van der Waals surface area contributed by atoms with Crippen molar-refractivity contribution in [1.82, 2.24) is 9.97 Å². The highest BCUT2D eigenvalue weighted by Gasteiger charge is 2.06. The maximum Gasteiger partial charge on any atom is 0.0270 e. The maximum absolute atomic E-state index is 4.15. The number of nitrogens with zero attached hydrogens (tertiary/aromatic N) is 2. The minimum atomic E-state index is 0.565. The summed E-state index contributed by atoms with van der Waals surface area (Å²) in [4.78, 5) is 8.29. The average molecular weight is 435 g/mol. The number of allylic oxidation sites excluding steroid dienone is 6. The van der Waals surface area contributed by atoms with Gasteiger partial charge < -0.3 is 0 Å². The molecular weight excluding hydrogens is 400 g/mol. The maximum atomic E-state index is 4.15. The van der Waals surface area contributed by atoms with Gasteiger partial charge in [0, 0.05) is 24.8 Å². The van der Waals surface area contributed by atoms with Crippen molar-refractivity contribution in [2.24, 2.45) is 5.92 Å². The molecule has 1 aromatic carbocycles. The van der Waals surface area contributed by atoms with Gasteiger partial charge in [0.1, 0.15) is 0 Å². The Labute approximate surface area is 198 Å². The highest BCUT2D eigenvalue weighted by atomic mass is 14.6. The van der Waals surface area contributed by atoms with Crippen molar-refractivity contribution in [2.75, 3.05) is 0 Å². The standard InChI is InChI=1S/C31H34N2/c1-2-25-4-3-5-26(7-6-25)8-11-29-22-30(12-9-27-14-18-32-19-15-27)24-31(23-29)13-10-28-16-20-33-21-17-28/h3-7,14-25H,2,8-13H2,1H3. The van der Waals surface area contributed by atoms with Gasteiger partial charge in [0.15, 0.2) is 0 Å². The van der Waals surface area contributed by atoms with E-state index >= 15 is 0 Å². The second kappa shape index (κ2) is 12.1. The third-order valence-electron chi connectivity index (χ3n) is 6.42. The van der Waals surface area contributed by atoms with Crippen LogP contribution in [0.3, 0.4) is 0 Å². The van der Waals surface area contributed by atoms with Crippen molar-refractivity contribution in [3.8, 4) is 0 Å². The van der Waals surface area contributed by atoms with Gasteiger partial charge in [-0.15, -0.1) is 0 Å². The summed E-state index contributed by atoms with van der Waals surface area (Å²) < 4.78 is 0. The van der Waals surface area contributed by atoms with Crippen LogP contribution in [0.25, 0.3) is 0 Å². The number of hydrogen-bond acceptors (Lipinski definition) is 2. The smallest absolute Gasteiger partial charge is 0.0270 e. The quantitative estimate of drug-likeness (QED) is 0.341. The number of aryl methyl sites for hydroxylation is 5. The first kappa shape index (κ1) is 22.9. The Morgan fingerprint density at radius 3 is 1.61 bits per heavy atom. The fourth-order valence-electron chi connectivity index (χ4n) is 4.36. The average Bonchev–Trinajstić information content (AvgIpc) is 3.11. The topological polar surface area (TPSA) is 25.8 Å². The molecular formula is C31H34N2. The fraction of sp³-hybridized carbons (Fsp3) is 0.290. The summed E-state index contributed by atoms with van der Waals surface area (Å²) in [6.07, 6.45) is 26.6. The molecule has 0 fully saturated rings. The first-order valence-electron chi connectivity index (χ1n) is 12.2. The SMILES string of the molecule is CCC1C=CC=C(CCc2cc(CCc3ccncc3)cc(CCc3ccncc3)c2)C=C1. The van der Waals surface area contributed by atoms with Crippen molar-refractivity contribution in [2.45, 2.75) is 51.9 Å². The number of aromatic nitrogens is 2. The Morgan fingerprint density at radius 1 is 0.606 bits per heavy atom. The molecule has 0 spiro atoms. The van der Waals surface area contributed by atoms with E-state index in [9.17, 15) is 0 Å². The van der Waals surface area contributed by atoms with E-state index in [1.54, 1.807) is 0 Å². The number of hydrogen-bond donors (Lipinski definition) is 0. The lowest BCUT2D eigenvalue weighted by atomic mass is 9.94. The van der Waals surface area contributed by atoms with Crippen LogP contribution in [0.15, 0.2) is 103 Å². The lowest BCUT2D eigenvalue weighted by Crippen LogP contribution is -1.99. The Bertz CT molecular complexity index is 1030. The molecule has 0 radical (unpaired) electrons.